The number of nitrogens with zero attached hydrogens (tertiary/aromatic N) is 1. The maximum atomic E-state index is 10.7. The number of rotatable bonds is 3. The van der Waals surface area contributed by atoms with Gasteiger partial charge >= 0.3 is 5.97 Å². The normalized spacial score (nSPS) is 18.6. The van der Waals surface area contributed by atoms with Gasteiger partial charge in [-0.15, -0.1) is 0 Å². The molecule has 1 saturated carbocycles. The van der Waals surface area contributed by atoms with E-state index in [9.17, 15) is 4.79 Å². The Hall–Kier alpha value is -1.06. The number of hydrogen-bond acceptors (Lipinski definition) is 3. The fourth-order valence-corrected chi connectivity index (χ4v) is 1.02. The maximum absolute atomic E-state index is 10.7. The molecule has 0 aromatic rings. The Morgan fingerprint density at radius 2 is 2.33 bits per heavy atom. The van der Waals surface area contributed by atoms with Crippen LogP contribution in [0.15, 0.2) is 4.99 Å². The van der Waals surface area contributed by atoms with Crippen molar-refractivity contribution < 1.29 is 9.53 Å². The summed E-state index contributed by atoms with van der Waals surface area (Å²) in [6, 6.07) is 0.356. The molecule has 0 bridgehead atoms. The molecule has 4 heteroatoms. The zero-order valence-electron chi connectivity index (χ0n) is 7.25. The van der Waals surface area contributed by atoms with Crippen molar-refractivity contribution >= 4 is 11.8 Å². The molecular weight excluding hydrogens is 156 g/mol. The van der Waals surface area contributed by atoms with Crippen LogP contribution in [0.5, 0.6) is 0 Å². The molecule has 1 rings (SSSR count). The van der Waals surface area contributed by atoms with E-state index in [4.69, 9.17) is 5.73 Å². The van der Waals surface area contributed by atoms with E-state index in [2.05, 4.69) is 9.73 Å². The Labute approximate surface area is 71.8 Å². The highest BCUT2D eigenvalue weighted by atomic mass is 16.5. The van der Waals surface area contributed by atoms with Crippen molar-refractivity contribution in [1.29, 1.82) is 0 Å². The van der Waals surface area contributed by atoms with Gasteiger partial charge in [-0.3, -0.25) is 9.79 Å². The lowest BCUT2D eigenvalue weighted by molar-refractivity contribution is -0.139. The van der Waals surface area contributed by atoms with Crippen LogP contribution in [0.1, 0.15) is 25.7 Å². The number of aliphatic imine (C=N–C) groups is 1. The predicted octanol–water partition coefficient (Wildman–Crippen LogP) is 0.459. The fraction of sp³-hybridized carbons (Fsp3) is 0.750. The highest BCUT2D eigenvalue weighted by Gasteiger charge is 2.16. The van der Waals surface area contributed by atoms with E-state index in [1.165, 1.54) is 13.5 Å². The Morgan fingerprint density at radius 3 is 2.75 bits per heavy atom. The van der Waals surface area contributed by atoms with Crippen LogP contribution in [0.2, 0.25) is 0 Å². The van der Waals surface area contributed by atoms with Gasteiger partial charge in [-0.05, 0) is 19.3 Å². The summed E-state index contributed by atoms with van der Waals surface area (Å²) < 4.78 is 4.45. The van der Waals surface area contributed by atoms with Crippen molar-refractivity contribution in [1.82, 2.24) is 0 Å². The number of esters is 1. The van der Waals surface area contributed by atoms with Crippen LogP contribution < -0.4 is 5.73 Å². The van der Waals surface area contributed by atoms with Gasteiger partial charge in [-0.1, -0.05) is 0 Å². The first-order chi connectivity index (χ1) is 5.72. The minimum atomic E-state index is -0.324. The van der Waals surface area contributed by atoms with Gasteiger partial charge in [0.1, 0.15) is 12.3 Å². The van der Waals surface area contributed by atoms with Gasteiger partial charge in [-0.2, -0.15) is 0 Å². The largest absolute Gasteiger partial charge is 0.469 e. The number of methoxy groups -OCH3 is 1. The summed E-state index contributed by atoms with van der Waals surface area (Å²) in [6.45, 7) is 0. The number of nitrogens with two attached hydrogens (primary N) is 1. The smallest absolute Gasteiger partial charge is 0.313 e. The van der Waals surface area contributed by atoms with Crippen LogP contribution in [-0.4, -0.2) is 25.0 Å². The third-order valence-electron chi connectivity index (χ3n) is 1.98. The average Bonchev–Trinajstić information content (AvgIpc) is 1.97. The molecule has 0 aliphatic heterocycles. The molecule has 0 atom stereocenters. The van der Waals surface area contributed by atoms with Crippen molar-refractivity contribution in [3.63, 3.8) is 0 Å². The van der Waals surface area contributed by atoms with E-state index in [1.54, 1.807) is 0 Å². The summed E-state index contributed by atoms with van der Waals surface area (Å²) in [6.07, 6.45) is 3.54. The lowest BCUT2D eigenvalue weighted by atomic mass is 9.94. The summed E-state index contributed by atoms with van der Waals surface area (Å²) in [5.41, 5.74) is 5.51. The van der Waals surface area contributed by atoms with Crippen molar-refractivity contribution in [2.75, 3.05) is 7.11 Å². The Kier molecular flexibility index (Phi) is 3.08. The minimum Gasteiger partial charge on any atom is -0.469 e. The molecule has 0 aromatic carbocycles. The van der Waals surface area contributed by atoms with Gasteiger partial charge in [0.25, 0.3) is 0 Å². The highest BCUT2D eigenvalue weighted by molar-refractivity contribution is 5.96. The molecule has 68 valence electrons. The van der Waals surface area contributed by atoms with Gasteiger partial charge < -0.3 is 10.5 Å². The Morgan fingerprint density at radius 1 is 1.67 bits per heavy atom. The second-order valence-electron chi connectivity index (χ2n) is 2.96. The average molecular weight is 170 g/mol. The molecule has 0 unspecified atom stereocenters. The second kappa shape index (κ2) is 4.09. The van der Waals surface area contributed by atoms with E-state index >= 15 is 0 Å². The Bertz CT molecular complexity index is 197. The Balaban J connectivity index is 2.30. The monoisotopic (exact) mass is 170 g/mol. The lowest BCUT2D eigenvalue weighted by Crippen LogP contribution is -2.24. The summed E-state index contributed by atoms with van der Waals surface area (Å²) in [5.74, 6) is 0.0714. The van der Waals surface area contributed by atoms with Crippen molar-refractivity contribution in [2.45, 2.75) is 31.7 Å². The minimum absolute atomic E-state index is 0.118. The van der Waals surface area contributed by atoms with Crippen LogP contribution in [0.3, 0.4) is 0 Å². The molecule has 0 saturated heterocycles. The third kappa shape index (κ3) is 2.53. The molecule has 2 N–H and O–H groups in total. The first-order valence-corrected chi connectivity index (χ1v) is 4.11. The van der Waals surface area contributed by atoms with Gasteiger partial charge in [-0.25, -0.2) is 0 Å². The van der Waals surface area contributed by atoms with Crippen LogP contribution in [0, 0.1) is 0 Å². The number of hydrogen-bond donors (Lipinski definition) is 1. The fourth-order valence-electron chi connectivity index (χ4n) is 1.02. The third-order valence-corrected chi connectivity index (χ3v) is 1.98. The van der Waals surface area contributed by atoms with E-state index in [0.717, 1.165) is 12.8 Å². The van der Waals surface area contributed by atoms with Gasteiger partial charge in [0.2, 0.25) is 0 Å². The van der Waals surface area contributed by atoms with Crippen molar-refractivity contribution in [2.24, 2.45) is 10.7 Å². The van der Waals surface area contributed by atoms with Crippen LogP contribution in [0.4, 0.5) is 0 Å². The predicted molar refractivity (Wildman–Crippen MR) is 45.9 cm³/mol. The zero-order chi connectivity index (χ0) is 8.97. The van der Waals surface area contributed by atoms with Gasteiger partial charge in [0.15, 0.2) is 0 Å². The summed E-state index contributed by atoms with van der Waals surface area (Å²) >= 11 is 0. The molecule has 0 aromatic heterocycles. The lowest BCUT2D eigenvalue weighted by Gasteiger charge is -2.21. The number of amidine groups is 1. The maximum Gasteiger partial charge on any atom is 0.313 e. The molecule has 1 aliphatic carbocycles. The molecule has 0 heterocycles. The van der Waals surface area contributed by atoms with Crippen molar-refractivity contribution in [3.05, 3.63) is 0 Å². The molecule has 12 heavy (non-hydrogen) atoms. The van der Waals surface area contributed by atoms with Crippen LogP contribution >= 0.6 is 0 Å². The number of ether oxygens (including phenoxy) is 1. The van der Waals surface area contributed by atoms with E-state index < -0.39 is 0 Å². The quantitative estimate of drug-likeness (QED) is 0.380. The van der Waals surface area contributed by atoms with E-state index in [1.807, 2.05) is 0 Å². The van der Waals surface area contributed by atoms with Crippen LogP contribution in [0.25, 0.3) is 0 Å². The van der Waals surface area contributed by atoms with Gasteiger partial charge in [0, 0.05) is 0 Å². The van der Waals surface area contributed by atoms with Gasteiger partial charge in [0.05, 0.1) is 13.2 Å². The zero-order valence-corrected chi connectivity index (χ0v) is 7.25. The topological polar surface area (TPSA) is 64.7 Å². The summed E-state index contributed by atoms with van der Waals surface area (Å²) in [7, 11) is 1.35. The molecular formula is C8H14N2O2. The SMILES string of the molecule is COC(=O)CC(N)=NC1CCC1. The first kappa shape index (κ1) is 9.03. The first-order valence-electron chi connectivity index (χ1n) is 4.11. The molecule has 0 radical (unpaired) electrons. The number of carbonyl (C=O) groups is 1. The van der Waals surface area contributed by atoms with E-state index in [0.29, 0.717) is 11.9 Å². The summed E-state index contributed by atoms with van der Waals surface area (Å²) in [5, 5.41) is 0. The molecule has 0 spiro atoms. The molecule has 1 aliphatic rings. The molecule has 1 fully saturated rings. The standard InChI is InChI=1S/C8H14N2O2/c1-12-8(11)5-7(9)10-6-3-2-4-6/h6H,2-5H2,1H3,(H2,9,10). The molecule has 0 amide bonds. The number of carbonyl (C=O) groups excluding carboxylic acids is 1. The highest BCUT2D eigenvalue weighted by Crippen LogP contribution is 2.21. The van der Waals surface area contributed by atoms with E-state index in [-0.39, 0.29) is 12.4 Å². The van der Waals surface area contributed by atoms with Crippen molar-refractivity contribution in [3.8, 4) is 0 Å². The summed E-state index contributed by atoms with van der Waals surface area (Å²) in [4.78, 5) is 14.9. The molecule has 4 nitrogen and oxygen atoms in total. The van der Waals surface area contributed by atoms with Crippen LogP contribution in [-0.2, 0) is 9.53 Å². The second-order valence-corrected chi connectivity index (χ2v) is 2.96.